The molecule has 1 N–H and O–H groups in total. The number of anilines is 2. The van der Waals surface area contributed by atoms with Crippen molar-refractivity contribution in [2.75, 3.05) is 30.9 Å². The van der Waals surface area contributed by atoms with E-state index in [4.69, 9.17) is 4.74 Å². The van der Waals surface area contributed by atoms with E-state index in [1.54, 1.807) is 31.2 Å². The van der Waals surface area contributed by atoms with Crippen LogP contribution in [0.4, 0.5) is 15.2 Å². The Labute approximate surface area is 142 Å². The second-order valence-corrected chi connectivity index (χ2v) is 6.23. The number of rotatable bonds is 5. The number of hydrogen-bond acceptors (Lipinski definition) is 5. The summed E-state index contributed by atoms with van der Waals surface area (Å²) < 4.78 is 19.4. The average molecular weight is 345 g/mol. The first-order valence-corrected chi connectivity index (χ1v) is 8.08. The van der Waals surface area contributed by atoms with Crippen LogP contribution in [-0.4, -0.2) is 31.6 Å². The van der Waals surface area contributed by atoms with E-state index < -0.39 is 0 Å². The monoisotopic (exact) mass is 345 g/mol. The van der Waals surface area contributed by atoms with Crippen molar-refractivity contribution in [3.63, 3.8) is 0 Å². The molecule has 3 rings (SSSR count). The van der Waals surface area contributed by atoms with Crippen molar-refractivity contribution in [2.24, 2.45) is 0 Å². The number of hydrogen-bond donors (Lipinski definition) is 1. The lowest BCUT2D eigenvalue weighted by molar-refractivity contribution is -0.114. The van der Waals surface area contributed by atoms with E-state index in [1.165, 1.54) is 23.5 Å². The predicted molar refractivity (Wildman–Crippen MR) is 94.5 cm³/mol. The Kier molecular flexibility index (Phi) is 4.61. The van der Waals surface area contributed by atoms with Crippen LogP contribution in [-0.2, 0) is 4.79 Å². The first-order valence-electron chi connectivity index (χ1n) is 7.27. The third-order valence-electron chi connectivity index (χ3n) is 3.41. The number of ether oxygens (including phenoxy) is 1. The molecule has 0 aliphatic rings. The molecule has 0 bridgehead atoms. The van der Waals surface area contributed by atoms with Crippen molar-refractivity contribution in [2.45, 2.75) is 0 Å². The first kappa shape index (κ1) is 16.2. The van der Waals surface area contributed by atoms with Crippen molar-refractivity contribution in [3.8, 4) is 5.75 Å². The smallest absolute Gasteiger partial charge is 0.243 e. The zero-order valence-electron chi connectivity index (χ0n) is 13.2. The zero-order valence-corrected chi connectivity index (χ0v) is 14.1. The number of benzene rings is 2. The zero-order chi connectivity index (χ0) is 17.1. The third-order valence-corrected chi connectivity index (χ3v) is 4.54. The minimum Gasteiger partial charge on any atom is -0.494 e. The molecule has 0 fully saturated rings. The van der Waals surface area contributed by atoms with Gasteiger partial charge in [0.2, 0.25) is 5.91 Å². The lowest BCUT2D eigenvalue weighted by Gasteiger charge is -2.15. The molecule has 0 atom stereocenters. The molecule has 0 saturated carbocycles. The Morgan fingerprint density at radius 3 is 2.88 bits per heavy atom. The Hall–Kier alpha value is -2.67. The maximum absolute atomic E-state index is 13.2. The standard InChI is InChI=1S/C17H16FN3O2S/c1-21(10-15(22)19-12-6-3-5-11(18)9-12)17-20-16-13(23-2)7-4-8-14(16)24-17/h3-9H,10H2,1-2H3,(H,19,22). The summed E-state index contributed by atoms with van der Waals surface area (Å²) in [5, 5.41) is 3.38. The van der Waals surface area contributed by atoms with Gasteiger partial charge in [0.05, 0.1) is 18.4 Å². The Morgan fingerprint density at radius 1 is 1.33 bits per heavy atom. The molecular formula is C17H16FN3O2S. The molecule has 2 aromatic carbocycles. The van der Waals surface area contributed by atoms with Gasteiger partial charge in [-0.1, -0.05) is 23.5 Å². The quantitative estimate of drug-likeness (QED) is 0.769. The number of likely N-dealkylation sites (N-methyl/N-ethyl adjacent to an activating group) is 1. The Morgan fingerprint density at radius 2 is 2.12 bits per heavy atom. The van der Waals surface area contributed by atoms with Crippen molar-refractivity contribution < 1.29 is 13.9 Å². The van der Waals surface area contributed by atoms with Gasteiger partial charge in [-0.25, -0.2) is 9.37 Å². The number of halogens is 1. The number of amides is 1. The summed E-state index contributed by atoms with van der Waals surface area (Å²) in [6.07, 6.45) is 0. The molecule has 1 amide bonds. The highest BCUT2D eigenvalue weighted by Crippen LogP contribution is 2.33. The number of methoxy groups -OCH3 is 1. The molecule has 5 nitrogen and oxygen atoms in total. The molecule has 0 aliphatic carbocycles. The van der Waals surface area contributed by atoms with Gasteiger partial charge in [-0.15, -0.1) is 0 Å². The second kappa shape index (κ2) is 6.84. The lowest BCUT2D eigenvalue weighted by atomic mass is 10.3. The van der Waals surface area contributed by atoms with Crippen LogP contribution in [0.3, 0.4) is 0 Å². The first-order chi connectivity index (χ1) is 11.6. The average Bonchev–Trinajstić information content (AvgIpc) is 2.99. The van der Waals surface area contributed by atoms with Gasteiger partial charge < -0.3 is 15.0 Å². The summed E-state index contributed by atoms with van der Waals surface area (Å²) in [4.78, 5) is 18.4. The number of thiazole rings is 1. The normalized spacial score (nSPS) is 10.6. The van der Waals surface area contributed by atoms with Crippen molar-refractivity contribution >= 4 is 38.3 Å². The minimum absolute atomic E-state index is 0.110. The van der Waals surface area contributed by atoms with Gasteiger partial charge in [-0.05, 0) is 30.3 Å². The Balaban J connectivity index is 1.72. The van der Waals surface area contributed by atoms with Gasteiger partial charge in [0, 0.05) is 12.7 Å². The van der Waals surface area contributed by atoms with Gasteiger partial charge >= 0.3 is 0 Å². The molecule has 0 aliphatic heterocycles. The van der Waals surface area contributed by atoms with Crippen molar-refractivity contribution in [1.29, 1.82) is 0 Å². The van der Waals surface area contributed by atoms with Gasteiger partial charge in [0.1, 0.15) is 17.1 Å². The second-order valence-electron chi connectivity index (χ2n) is 5.22. The van der Waals surface area contributed by atoms with Gasteiger partial charge in [-0.3, -0.25) is 4.79 Å². The van der Waals surface area contributed by atoms with Gasteiger partial charge in [-0.2, -0.15) is 0 Å². The number of carbonyl (C=O) groups excluding carboxylic acids is 1. The molecule has 3 aromatic rings. The number of aromatic nitrogens is 1. The van der Waals surface area contributed by atoms with Gasteiger partial charge in [0.25, 0.3) is 0 Å². The van der Waals surface area contributed by atoms with Crippen LogP contribution in [0.5, 0.6) is 5.75 Å². The summed E-state index contributed by atoms with van der Waals surface area (Å²) >= 11 is 1.48. The molecule has 0 unspecified atom stereocenters. The van der Waals surface area contributed by atoms with E-state index in [-0.39, 0.29) is 18.3 Å². The highest BCUT2D eigenvalue weighted by atomic mass is 32.1. The summed E-state index contributed by atoms with van der Waals surface area (Å²) in [6, 6.07) is 11.5. The van der Waals surface area contributed by atoms with Crippen LogP contribution in [0, 0.1) is 5.82 Å². The van der Waals surface area contributed by atoms with E-state index in [0.717, 1.165) is 10.2 Å². The van der Waals surface area contributed by atoms with Crippen LogP contribution in [0.1, 0.15) is 0 Å². The fraction of sp³-hybridized carbons (Fsp3) is 0.176. The summed E-state index contributed by atoms with van der Waals surface area (Å²) in [5.41, 5.74) is 1.21. The van der Waals surface area contributed by atoms with E-state index in [9.17, 15) is 9.18 Å². The summed E-state index contributed by atoms with van der Waals surface area (Å²) in [6.45, 7) is 0.110. The third kappa shape index (κ3) is 3.46. The fourth-order valence-electron chi connectivity index (χ4n) is 2.29. The summed E-state index contributed by atoms with van der Waals surface area (Å²) in [7, 11) is 3.39. The molecule has 0 radical (unpaired) electrons. The largest absolute Gasteiger partial charge is 0.494 e. The number of nitrogens with zero attached hydrogens (tertiary/aromatic N) is 2. The molecule has 24 heavy (non-hydrogen) atoms. The number of para-hydroxylation sites is 1. The predicted octanol–water partition coefficient (Wildman–Crippen LogP) is 3.52. The number of fused-ring (bicyclic) bond motifs is 1. The fourth-order valence-corrected chi connectivity index (χ4v) is 3.23. The van der Waals surface area contributed by atoms with Crippen molar-refractivity contribution in [3.05, 3.63) is 48.3 Å². The maximum atomic E-state index is 13.2. The Bertz CT molecular complexity index is 881. The van der Waals surface area contributed by atoms with E-state index in [1.807, 2.05) is 18.2 Å². The summed E-state index contributed by atoms with van der Waals surface area (Å²) in [5.74, 6) is 0.0707. The molecule has 1 heterocycles. The lowest BCUT2D eigenvalue weighted by Crippen LogP contribution is -2.29. The molecule has 7 heteroatoms. The molecular weight excluding hydrogens is 329 g/mol. The van der Waals surface area contributed by atoms with Crippen LogP contribution in [0.2, 0.25) is 0 Å². The molecule has 0 saturated heterocycles. The maximum Gasteiger partial charge on any atom is 0.243 e. The molecule has 0 spiro atoms. The van der Waals surface area contributed by atoms with Crippen LogP contribution < -0.4 is 15.0 Å². The number of nitrogens with one attached hydrogen (secondary N) is 1. The van der Waals surface area contributed by atoms with Crippen molar-refractivity contribution in [1.82, 2.24) is 4.98 Å². The van der Waals surface area contributed by atoms with Crippen LogP contribution in [0.15, 0.2) is 42.5 Å². The van der Waals surface area contributed by atoms with E-state index >= 15 is 0 Å². The van der Waals surface area contributed by atoms with Gasteiger partial charge in [0.15, 0.2) is 5.13 Å². The minimum atomic E-state index is -0.389. The molecule has 1 aromatic heterocycles. The van der Waals surface area contributed by atoms with Crippen LogP contribution in [0.25, 0.3) is 10.2 Å². The van der Waals surface area contributed by atoms with E-state index in [0.29, 0.717) is 16.6 Å². The molecule has 124 valence electrons. The van der Waals surface area contributed by atoms with E-state index in [2.05, 4.69) is 10.3 Å². The highest BCUT2D eigenvalue weighted by Gasteiger charge is 2.14. The number of carbonyl (C=O) groups is 1. The van der Waals surface area contributed by atoms with Crippen LogP contribution >= 0.6 is 11.3 Å². The SMILES string of the molecule is COc1cccc2sc(N(C)CC(=O)Nc3cccc(F)c3)nc12. The topological polar surface area (TPSA) is 54.5 Å². The highest BCUT2D eigenvalue weighted by molar-refractivity contribution is 7.22.